The van der Waals surface area contributed by atoms with Crippen LogP contribution in [0.5, 0.6) is 0 Å². The molecule has 0 radical (unpaired) electrons. The third-order valence-corrected chi connectivity index (χ3v) is 6.20. The number of benzene rings is 2. The molecule has 1 unspecified atom stereocenters. The molecule has 3 aromatic heterocycles. The van der Waals surface area contributed by atoms with Crippen molar-refractivity contribution >= 4 is 11.2 Å². The number of tetrazole rings is 1. The Balaban J connectivity index is 1.55. The van der Waals surface area contributed by atoms with Crippen LogP contribution in [0.4, 0.5) is 0 Å². The van der Waals surface area contributed by atoms with E-state index in [0.29, 0.717) is 29.4 Å². The Bertz CT molecular complexity index is 1630. The highest BCUT2D eigenvalue weighted by Crippen LogP contribution is 2.30. The molecule has 3 heterocycles. The second-order valence-corrected chi connectivity index (χ2v) is 8.25. The lowest BCUT2D eigenvalue weighted by molar-refractivity contribution is 0.0533. The predicted octanol–water partition coefficient (Wildman–Crippen LogP) is 2.27. The van der Waals surface area contributed by atoms with E-state index >= 15 is 0 Å². The molecule has 2 aromatic carbocycles. The monoisotopic (exact) mass is 472 g/mol. The van der Waals surface area contributed by atoms with E-state index in [1.54, 1.807) is 14.0 Å². The largest absolute Gasteiger partial charge is 0.361 e. The van der Waals surface area contributed by atoms with Gasteiger partial charge in [0.2, 0.25) is 5.82 Å². The van der Waals surface area contributed by atoms with Gasteiger partial charge in [0.15, 0.2) is 11.2 Å². The van der Waals surface area contributed by atoms with E-state index in [2.05, 4.69) is 25.6 Å². The summed E-state index contributed by atoms with van der Waals surface area (Å²) in [5, 5.41) is 14.4. The molecule has 5 aromatic rings. The molecule has 0 saturated carbocycles. The van der Waals surface area contributed by atoms with Gasteiger partial charge in [0, 0.05) is 26.3 Å². The molecule has 0 spiro atoms. The maximum atomic E-state index is 13.3. The molecule has 0 aliphatic carbocycles. The van der Waals surface area contributed by atoms with E-state index in [0.717, 1.165) is 26.8 Å². The number of imidazole rings is 1. The van der Waals surface area contributed by atoms with Gasteiger partial charge in [0.05, 0.1) is 0 Å². The normalized spacial score (nSPS) is 12.3. The fourth-order valence-electron chi connectivity index (χ4n) is 4.24. The molecule has 0 fully saturated rings. The number of hydrogen-bond donors (Lipinski definition) is 1. The SMILES string of the molecule is COC(C)n1c(=O)c2c(nc(C)n2Cc2ccc(-c3ccccc3-c3nn[nH]n3)cc2)n(C)c1=O. The van der Waals surface area contributed by atoms with Crippen LogP contribution in [0.15, 0.2) is 58.1 Å². The van der Waals surface area contributed by atoms with Gasteiger partial charge in [0.1, 0.15) is 12.1 Å². The van der Waals surface area contributed by atoms with Crippen LogP contribution in [0, 0.1) is 6.92 Å². The summed E-state index contributed by atoms with van der Waals surface area (Å²) in [7, 11) is 3.07. The molecule has 1 atom stereocenters. The zero-order chi connectivity index (χ0) is 24.7. The Morgan fingerprint density at radius 3 is 2.43 bits per heavy atom. The first kappa shape index (κ1) is 22.4. The molecule has 0 amide bonds. The summed E-state index contributed by atoms with van der Waals surface area (Å²) in [6, 6.07) is 15.9. The van der Waals surface area contributed by atoms with Crippen LogP contribution in [0.25, 0.3) is 33.7 Å². The highest BCUT2D eigenvalue weighted by molar-refractivity contribution is 5.80. The third-order valence-electron chi connectivity index (χ3n) is 6.20. The van der Waals surface area contributed by atoms with Gasteiger partial charge >= 0.3 is 5.69 Å². The van der Waals surface area contributed by atoms with Crippen molar-refractivity contribution in [2.75, 3.05) is 7.11 Å². The van der Waals surface area contributed by atoms with Crippen molar-refractivity contribution in [1.29, 1.82) is 0 Å². The molecule has 0 bridgehead atoms. The minimum atomic E-state index is -0.701. The first-order valence-corrected chi connectivity index (χ1v) is 11.0. The smallest absolute Gasteiger partial charge is 0.334 e. The van der Waals surface area contributed by atoms with Crippen LogP contribution < -0.4 is 11.2 Å². The van der Waals surface area contributed by atoms with Crippen molar-refractivity contribution in [2.45, 2.75) is 26.6 Å². The number of aromatic nitrogens is 8. The van der Waals surface area contributed by atoms with Gasteiger partial charge in [-0.25, -0.2) is 14.3 Å². The van der Waals surface area contributed by atoms with Crippen LogP contribution in [-0.4, -0.2) is 46.4 Å². The van der Waals surface area contributed by atoms with Crippen molar-refractivity contribution in [3.05, 3.63) is 80.8 Å². The number of methoxy groups -OCH3 is 1. The Morgan fingerprint density at radius 1 is 1.06 bits per heavy atom. The minimum absolute atomic E-state index is 0.350. The van der Waals surface area contributed by atoms with E-state index < -0.39 is 17.5 Å². The highest BCUT2D eigenvalue weighted by atomic mass is 16.5. The average Bonchev–Trinajstić information content (AvgIpc) is 3.52. The molecule has 11 nitrogen and oxygen atoms in total. The van der Waals surface area contributed by atoms with Gasteiger partial charge in [0.25, 0.3) is 5.56 Å². The molecule has 0 saturated heterocycles. The molecular weight excluding hydrogens is 448 g/mol. The summed E-state index contributed by atoms with van der Waals surface area (Å²) < 4.78 is 9.59. The first-order chi connectivity index (χ1) is 16.9. The van der Waals surface area contributed by atoms with E-state index in [9.17, 15) is 9.59 Å². The minimum Gasteiger partial charge on any atom is -0.361 e. The van der Waals surface area contributed by atoms with E-state index in [1.807, 2.05) is 60.0 Å². The summed E-state index contributed by atoms with van der Waals surface area (Å²) >= 11 is 0. The van der Waals surface area contributed by atoms with E-state index in [4.69, 9.17) is 4.74 Å². The molecule has 0 aliphatic heterocycles. The van der Waals surface area contributed by atoms with Gasteiger partial charge in [-0.05, 0) is 35.8 Å². The maximum absolute atomic E-state index is 13.3. The number of aromatic amines is 1. The predicted molar refractivity (Wildman–Crippen MR) is 130 cm³/mol. The van der Waals surface area contributed by atoms with Crippen LogP contribution in [0.3, 0.4) is 0 Å². The average molecular weight is 473 g/mol. The van der Waals surface area contributed by atoms with E-state index in [1.165, 1.54) is 11.7 Å². The number of nitrogens with one attached hydrogen (secondary N) is 1. The lowest BCUT2D eigenvalue weighted by atomic mass is 9.98. The van der Waals surface area contributed by atoms with Crippen LogP contribution in [0.2, 0.25) is 0 Å². The van der Waals surface area contributed by atoms with Crippen molar-refractivity contribution in [2.24, 2.45) is 7.05 Å². The number of hydrogen-bond acceptors (Lipinski definition) is 7. The summed E-state index contributed by atoms with van der Waals surface area (Å²) in [4.78, 5) is 30.6. The fraction of sp³-hybridized carbons (Fsp3) is 0.250. The molecule has 1 N–H and O–H groups in total. The number of fused-ring (bicyclic) bond motifs is 1. The van der Waals surface area contributed by atoms with Crippen LogP contribution in [-0.2, 0) is 18.3 Å². The second kappa shape index (κ2) is 8.76. The Hall–Kier alpha value is -4.38. The third kappa shape index (κ3) is 3.75. The van der Waals surface area contributed by atoms with Crippen molar-refractivity contribution < 1.29 is 4.74 Å². The summed E-state index contributed by atoms with van der Waals surface area (Å²) in [6.45, 7) is 3.90. The number of aryl methyl sites for hydroxylation is 2. The second-order valence-electron chi connectivity index (χ2n) is 8.25. The molecule has 0 aliphatic rings. The number of nitrogens with zero attached hydrogens (tertiary/aromatic N) is 7. The standard InChI is InChI=1S/C24H24N8O3/c1-14-25-22-20(23(33)32(15(2)35-4)24(34)30(22)3)31(14)13-16-9-11-17(12-10-16)18-7-5-6-8-19(18)21-26-28-29-27-21/h5-12,15H,13H2,1-4H3,(H,26,27,28,29). The molecule has 5 rings (SSSR count). The Labute approximate surface area is 199 Å². The summed E-state index contributed by atoms with van der Waals surface area (Å²) in [6.07, 6.45) is -0.701. The van der Waals surface area contributed by atoms with Gasteiger partial charge < -0.3 is 9.30 Å². The highest BCUT2D eigenvalue weighted by Gasteiger charge is 2.21. The zero-order valence-corrected chi connectivity index (χ0v) is 19.8. The Kier molecular flexibility index (Phi) is 5.61. The van der Waals surface area contributed by atoms with Gasteiger partial charge in [-0.15, -0.1) is 10.2 Å². The van der Waals surface area contributed by atoms with Crippen molar-refractivity contribution in [3.63, 3.8) is 0 Å². The molecule has 35 heavy (non-hydrogen) atoms. The van der Waals surface area contributed by atoms with Gasteiger partial charge in [-0.2, -0.15) is 5.21 Å². The number of ether oxygens (including phenoxy) is 1. The number of rotatable bonds is 6. The van der Waals surface area contributed by atoms with Crippen LogP contribution in [0.1, 0.15) is 24.5 Å². The summed E-state index contributed by atoms with van der Waals surface area (Å²) in [5.74, 6) is 1.17. The quantitative estimate of drug-likeness (QED) is 0.402. The first-order valence-electron chi connectivity index (χ1n) is 11.0. The van der Waals surface area contributed by atoms with Crippen LogP contribution >= 0.6 is 0 Å². The Morgan fingerprint density at radius 2 is 1.77 bits per heavy atom. The van der Waals surface area contributed by atoms with E-state index in [-0.39, 0.29) is 0 Å². The molecule has 178 valence electrons. The topological polar surface area (TPSA) is 126 Å². The van der Waals surface area contributed by atoms with Gasteiger partial charge in [-0.1, -0.05) is 48.5 Å². The lowest BCUT2D eigenvalue weighted by Gasteiger charge is -2.15. The zero-order valence-electron chi connectivity index (χ0n) is 19.8. The van der Waals surface area contributed by atoms with Crippen molar-refractivity contribution in [3.8, 4) is 22.5 Å². The maximum Gasteiger partial charge on any atom is 0.334 e. The lowest BCUT2D eigenvalue weighted by Crippen LogP contribution is -2.41. The number of H-pyrrole nitrogens is 1. The molecule has 11 heteroatoms. The molecular formula is C24H24N8O3. The summed E-state index contributed by atoms with van der Waals surface area (Å²) in [5.41, 5.74) is 3.65. The fourth-order valence-corrected chi connectivity index (χ4v) is 4.24. The van der Waals surface area contributed by atoms with Gasteiger partial charge in [-0.3, -0.25) is 9.36 Å². The van der Waals surface area contributed by atoms with Crippen molar-refractivity contribution in [1.82, 2.24) is 39.3 Å².